The Morgan fingerprint density at radius 2 is 1.90 bits per heavy atom. The molecule has 3 N–H and O–H groups in total. The molecule has 0 radical (unpaired) electrons. The Balaban J connectivity index is 1.44. The zero-order chi connectivity index (χ0) is 28.0. The van der Waals surface area contributed by atoms with E-state index >= 15 is 0 Å². The highest BCUT2D eigenvalue weighted by molar-refractivity contribution is 7.89. The van der Waals surface area contributed by atoms with Crippen molar-refractivity contribution in [3.63, 3.8) is 0 Å². The number of piperidine rings is 1. The first-order valence-electron chi connectivity index (χ1n) is 13.7. The van der Waals surface area contributed by atoms with E-state index in [0.717, 1.165) is 24.2 Å². The smallest absolute Gasteiger partial charge is 0.279 e. The molecule has 1 saturated carbocycles. The quantitative estimate of drug-likeness (QED) is 0.299. The zero-order valence-corrected chi connectivity index (χ0v) is 23.4. The Kier molecular flexibility index (Phi) is 6.93. The van der Waals surface area contributed by atoms with Crippen molar-refractivity contribution < 1.29 is 13.2 Å². The maximum Gasteiger partial charge on any atom is 0.279 e. The number of fused-ring (bicyclic) bond motifs is 2. The Morgan fingerprint density at radius 1 is 1.10 bits per heavy atom. The van der Waals surface area contributed by atoms with E-state index in [0.29, 0.717) is 49.5 Å². The molecule has 2 aliphatic rings. The predicted molar refractivity (Wildman–Crippen MR) is 150 cm³/mol. The van der Waals surface area contributed by atoms with Crippen molar-refractivity contribution in [2.45, 2.75) is 50.6 Å². The predicted octanol–water partition coefficient (Wildman–Crippen LogP) is 2.55. The molecule has 3 aromatic heterocycles. The highest BCUT2D eigenvalue weighted by atomic mass is 32.2. The molecule has 1 unspecified atom stereocenters. The number of aromatic amines is 1. The number of pyridine rings is 1. The van der Waals surface area contributed by atoms with Crippen LogP contribution in [-0.4, -0.2) is 63.2 Å². The lowest BCUT2D eigenvalue weighted by molar-refractivity contribution is 0.318. The number of rotatable bonds is 10. The van der Waals surface area contributed by atoms with Crippen LogP contribution in [0.3, 0.4) is 0 Å². The summed E-state index contributed by atoms with van der Waals surface area (Å²) in [5.41, 5.74) is 8.40. The number of nitrogens with zero attached hydrogens (tertiary/aromatic N) is 5. The Bertz CT molecular complexity index is 1710. The maximum absolute atomic E-state index is 13.5. The topological polar surface area (TPSA) is 149 Å². The first-order valence-corrected chi connectivity index (χ1v) is 15.2. The van der Waals surface area contributed by atoms with Gasteiger partial charge in [0.15, 0.2) is 5.52 Å². The monoisotopic (exact) mass is 563 g/mol. The number of aryl methyl sites for hydroxylation is 1. The molecule has 210 valence electrons. The van der Waals surface area contributed by atoms with Crippen molar-refractivity contribution in [3.8, 4) is 17.1 Å². The van der Waals surface area contributed by atoms with Crippen LogP contribution >= 0.6 is 0 Å². The molecular weight excluding hydrogens is 530 g/mol. The third-order valence-corrected chi connectivity index (χ3v) is 9.59. The molecular formula is C28H33N7O4S. The lowest BCUT2D eigenvalue weighted by Crippen LogP contribution is -2.33. The van der Waals surface area contributed by atoms with Gasteiger partial charge in [0.2, 0.25) is 10.0 Å². The molecule has 2 fully saturated rings. The van der Waals surface area contributed by atoms with E-state index in [9.17, 15) is 13.2 Å². The number of nitrogens with two attached hydrogens (primary N) is 1. The summed E-state index contributed by atoms with van der Waals surface area (Å²) in [4.78, 5) is 25.5. The van der Waals surface area contributed by atoms with E-state index in [1.807, 2.05) is 25.1 Å². The van der Waals surface area contributed by atoms with E-state index in [4.69, 9.17) is 15.5 Å². The lowest BCUT2D eigenvalue weighted by atomic mass is 10.1. The van der Waals surface area contributed by atoms with Crippen LogP contribution in [-0.2, 0) is 23.0 Å². The first kappa shape index (κ1) is 26.6. The van der Waals surface area contributed by atoms with E-state index in [1.165, 1.54) is 4.31 Å². The van der Waals surface area contributed by atoms with Crippen LogP contribution in [0.5, 0.6) is 5.75 Å². The van der Waals surface area contributed by atoms with E-state index in [1.54, 1.807) is 29.1 Å². The minimum Gasteiger partial charge on any atom is -0.493 e. The highest BCUT2D eigenvalue weighted by Crippen LogP contribution is 2.45. The number of nitrogens with one attached hydrogen (secondary N) is 1. The summed E-state index contributed by atoms with van der Waals surface area (Å²) in [5, 5.41) is 4.59. The van der Waals surface area contributed by atoms with Crippen molar-refractivity contribution in [2.75, 3.05) is 19.7 Å². The second-order valence-electron chi connectivity index (χ2n) is 10.5. The summed E-state index contributed by atoms with van der Waals surface area (Å²) in [5.74, 6) is 1.14. The fourth-order valence-corrected chi connectivity index (χ4v) is 7.07. The number of aromatic nitrogens is 5. The van der Waals surface area contributed by atoms with Gasteiger partial charge in [-0.25, -0.2) is 13.4 Å². The average Bonchev–Trinajstić information content (AvgIpc) is 3.27. The number of sulfonamides is 1. The van der Waals surface area contributed by atoms with Gasteiger partial charge in [0.25, 0.3) is 5.56 Å². The van der Waals surface area contributed by atoms with Gasteiger partial charge in [-0.1, -0.05) is 26.3 Å². The Hall–Kier alpha value is -3.61. The van der Waals surface area contributed by atoms with Crippen molar-refractivity contribution in [3.05, 3.63) is 64.3 Å². The fourth-order valence-electron chi connectivity index (χ4n) is 5.52. The summed E-state index contributed by atoms with van der Waals surface area (Å²) >= 11 is 0. The van der Waals surface area contributed by atoms with Gasteiger partial charge >= 0.3 is 0 Å². The van der Waals surface area contributed by atoms with Crippen LogP contribution < -0.4 is 16.0 Å². The zero-order valence-electron chi connectivity index (χ0n) is 22.6. The van der Waals surface area contributed by atoms with Gasteiger partial charge in [-0.3, -0.25) is 14.5 Å². The van der Waals surface area contributed by atoms with E-state index < -0.39 is 15.6 Å². The molecule has 1 aromatic carbocycles. The maximum atomic E-state index is 13.5. The second kappa shape index (κ2) is 10.4. The molecule has 0 bridgehead atoms. The van der Waals surface area contributed by atoms with Crippen molar-refractivity contribution >= 4 is 21.1 Å². The van der Waals surface area contributed by atoms with Crippen molar-refractivity contribution in [1.82, 2.24) is 29.0 Å². The largest absolute Gasteiger partial charge is 0.493 e. The second-order valence-corrected chi connectivity index (χ2v) is 12.5. The Labute approximate surface area is 232 Å². The molecule has 40 heavy (non-hydrogen) atoms. The van der Waals surface area contributed by atoms with Crippen LogP contribution in [0.25, 0.3) is 22.4 Å². The van der Waals surface area contributed by atoms with Crippen molar-refractivity contribution in [1.29, 1.82) is 0 Å². The van der Waals surface area contributed by atoms with Gasteiger partial charge in [-0.05, 0) is 55.0 Å². The molecule has 4 heterocycles. The number of hydrogen-bond acceptors (Lipinski definition) is 8. The Morgan fingerprint density at radius 3 is 2.60 bits per heavy atom. The number of ether oxygens (including phenoxy) is 1. The van der Waals surface area contributed by atoms with Crippen molar-refractivity contribution in [2.24, 2.45) is 17.6 Å². The van der Waals surface area contributed by atoms with E-state index in [2.05, 4.69) is 22.0 Å². The summed E-state index contributed by atoms with van der Waals surface area (Å²) in [6.45, 7) is 5.73. The van der Waals surface area contributed by atoms with Gasteiger partial charge < -0.3 is 15.5 Å². The molecule has 12 heteroatoms. The number of H-pyrrole nitrogens is 1. The molecule has 4 aromatic rings. The van der Waals surface area contributed by atoms with Crippen LogP contribution in [0.4, 0.5) is 0 Å². The normalized spacial score (nSPS) is 20.6. The SMILES string of the molecule is CCCOc1ccc(S(=O)(=O)N2C[C@@H]3C(N)[C@@H]3C2)cc1-c1nc2c(CCC)n(Cc3ccccn3)nc2c(=O)[nH]1. The minimum atomic E-state index is -3.75. The standard InChI is InChI=1S/C28H33N7O4S/c1-3-7-22-25-26(33-35(22)14-17-8-5-6-11-30-17)28(36)32-27(31-25)19-13-18(9-10-23(19)39-12-4-2)40(37,38)34-15-20-21(16-34)24(20)29/h5-6,8-11,13,20-21,24H,3-4,7,12,14-16,29H2,1-2H3,(H,31,32,36)/t20-,21+,24?. The summed E-state index contributed by atoms with van der Waals surface area (Å²) < 4.78 is 36.3. The fraction of sp³-hybridized carbons (Fsp3) is 0.429. The number of hydrogen-bond donors (Lipinski definition) is 2. The molecule has 1 aliphatic carbocycles. The summed E-state index contributed by atoms with van der Waals surface area (Å²) in [6, 6.07) is 10.5. The van der Waals surface area contributed by atoms with Crippen LogP contribution in [0.2, 0.25) is 0 Å². The molecule has 3 atom stereocenters. The van der Waals surface area contributed by atoms with Crippen LogP contribution in [0.1, 0.15) is 38.1 Å². The van der Waals surface area contributed by atoms with Gasteiger partial charge in [0.05, 0.1) is 35.0 Å². The molecule has 0 spiro atoms. The third-order valence-electron chi connectivity index (χ3n) is 7.76. The average molecular weight is 564 g/mol. The van der Waals surface area contributed by atoms with Gasteiger partial charge in [0.1, 0.15) is 17.1 Å². The van der Waals surface area contributed by atoms with Gasteiger partial charge in [-0.15, -0.1) is 0 Å². The molecule has 6 rings (SSSR count). The minimum absolute atomic E-state index is 0.0868. The van der Waals surface area contributed by atoms with Crippen LogP contribution in [0, 0.1) is 11.8 Å². The van der Waals surface area contributed by atoms with Gasteiger partial charge in [-0.2, -0.15) is 9.40 Å². The highest BCUT2D eigenvalue weighted by Gasteiger charge is 2.56. The van der Waals surface area contributed by atoms with Crippen LogP contribution in [0.15, 0.2) is 52.3 Å². The third kappa shape index (κ3) is 4.69. The molecule has 11 nitrogen and oxygen atoms in total. The molecule has 0 amide bonds. The lowest BCUT2D eigenvalue weighted by Gasteiger charge is -2.20. The number of benzene rings is 1. The summed E-state index contributed by atoms with van der Waals surface area (Å²) in [7, 11) is -3.75. The van der Waals surface area contributed by atoms with Gasteiger partial charge in [0, 0.05) is 25.3 Å². The van der Waals surface area contributed by atoms with E-state index in [-0.39, 0.29) is 34.1 Å². The first-order chi connectivity index (χ1) is 19.3. The molecule has 1 saturated heterocycles. The molecule has 1 aliphatic heterocycles. The summed E-state index contributed by atoms with van der Waals surface area (Å²) in [6.07, 6.45) is 3.97.